The van der Waals surface area contributed by atoms with Gasteiger partial charge in [-0.25, -0.2) is 9.55 Å². The topological polar surface area (TPSA) is 231 Å². The molecule has 5 rings (SSSR count). The largest absolute Gasteiger partial charge is 0.476 e. The van der Waals surface area contributed by atoms with Gasteiger partial charge in [-0.1, -0.05) is 29.7 Å². The molecular formula is C28H38N9O8P. The third kappa shape index (κ3) is 7.20. The van der Waals surface area contributed by atoms with Gasteiger partial charge in [0, 0.05) is 4.91 Å². The van der Waals surface area contributed by atoms with Crippen molar-refractivity contribution in [2.75, 3.05) is 18.9 Å². The minimum Gasteiger partial charge on any atom is -0.476 e. The Hall–Kier alpha value is -3.98. The van der Waals surface area contributed by atoms with E-state index in [1.165, 1.54) is 24.7 Å². The number of azide groups is 1. The number of imidazole rings is 1. The number of nitrogen functional groups attached to an aromatic ring is 1. The molecule has 0 amide bonds. The van der Waals surface area contributed by atoms with Gasteiger partial charge < -0.3 is 29.6 Å². The van der Waals surface area contributed by atoms with Crippen molar-refractivity contribution < 1.29 is 37.7 Å². The van der Waals surface area contributed by atoms with Crippen LogP contribution in [-0.4, -0.2) is 73.7 Å². The summed E-state index contributed by atoms with van der Waals surface area (Å²) in [5, 5.41) is 17.9. The lowest BCUT2D eigenvalue weighted by molar-refractivity contribution is -0.152. The van der Waals surface area contributed by atoms with E-state index in [1.807, 2.05) is 0 Å². The molecule has 1 aromatic carbocycles. The number of ether oxygens (including phenoxy) is 3. The van der Waals surface area contributed by atoms with Crippen LogP contribution in [0.4, 0.5) is 5.95 Å². The van der Waals surface area contributed by atoms with Crippen LogP contribution in [0, 0.1) is 0 Å². The highest BCUT2D eigenvalue weighted by Crippen LogP contribution is 2.48. The van der Waals surface area contributed by atoms with Crippen LogP contribution < -0.4 is 20.1 Å². The second-order valence-corrected chi connectivity index (χ2v) is 13.0. The van der Waals surface area contributed by atoms with E-state index in [0.717, 1.165) is 32.1 Å². The van der Waals surface area contributed by atoms with Crippen LogP contribution in [0.2, 0.25) is 0 Å². The van der Waals surface area contributed by atoms with E-state index in [0.29, 0.717) is 6.61 Å². The number of para-hydroxylation sites is 1. The Kier molecular flexibility index (Phi) is 10.3. The highest BCUT2D eigenvalue weighted by Gasteiger charge is 2.55. The summed E-state index contributed by atoms with van der Waals surface area (Å²) >= 11 is 0. The van der Waals surface area contributed by atoms with E-state index in [4.69, 9.17) is 29.0 Å². The minimum atomic E-state index is -4.30. The highest BCUT2D eigenvalue weighted by molar-refractivity contribution is 7.52. The molecule has 1 aliphatic heterocycles. The summed E-state index contributed by atoms with van der Waals surface area (Å²) < 4.78 is 44.5. The summed E-state index contributed by atoms with van der Waals surface area (Å²) in [6, 6.07) is 7.21. The molecule has 1 unspecified atom stereocenters. The van der Waals surface area contributed by atoms with E-state index < -0.39 is 50.3 Å². The van der Waals surface area contributed by atoms with Gasteiger partial charge in [0.25, 0.3) is 0 Å². The van der Waals surface area contributed by atoms with Crippen molar-refractivity contribution in [3.8, 4) is 11.6 Å². The number of fused-ring (bicyclic) bond motifs is 1. The molecular weight excluding hydrogens is 621 g/mol. The number of esters is 1. The third-order valence-corrected chi connectivity index (χ3v) is 9.52. The van der Waals surface area contributed by atoms with E-state index >= 15 is 0 Å². The van der Waals surface area contributed by atoms with Crippen LogP contribution in [-0.2, 0) is 23.4 Å². The van der Waals surface area contributed by atoms with Crippen molar-refractivity contribution in [3.63, 3.8) is 0 Å². The molecule has 17 nitrogen and oxygen atoms in total. The first-order chi connectivity index (χ1) is 22.1. The Balaban J connectivity index is 1.38. The molecule has 2 fully saturated rings. The number of nitrogens with two attached hydrogens (primary N) is 1. The monoisotopic (exact) mass is 659 g/mol. The number of aliphatic hydroxyl groups is 1. The fourth-order valence-corrected chi connectivity index (χ4v) is 7.02. The fraction of sp³-hybridized carbons (Fsp3) is 0.571. The lowest BCUT2D eigenvalue weighted by Crippen LogP contribution is -2.43. The molecule has 3 heterocycles. The summed E-state index contributed by atoms with van der Waals surface area (Å²) in [7, 11) is -4.30. The Bertz CT molecular complexity index is 1610. The molecule has 2 aliphatic rings. The number of rotatable bonds is 13. The lowest BCUT2D eigenvalue weighted by Gasteiger charge is -2.28. The Morgan fingerprint density at radius 3 is 2.74 bits per heavy atom. The van der Waals surface area contributed by atoms with E-state index in [2.05, 4.69) is 30.1 Å². The van der Waals surface area contributed by atoms with Crippen LogP contribution in [0.15, 0.2) is 41.8 Å². The molecule has 248 valence electrons. The zero-order valence-corrected chi connectivity index (χ0v) is 26.7. The number of carbonyl (C=O) groups excluding carboxylic acids is 1. The number of aromatic nitrogens is 4. The van der Waals surface area contributed by atoms with Gasteiger partial charge in [0.15, 0.2) is 17.4 Å². The average molecular weight is 660 g/mol. The number of nitrogens with one attached hydrogen (secondary N) is 1. The minimum absolute atomic E-state index is 0.0946. The van der Waals surface area contributed by atoms with Crippen molar-refractivity contribution in [1.29, 1.82) is 0 Å². The lowest BCUT2D eigenvalue weighted by atomic mass is 9.93. The van der Waals surface area contributed by atoms with Gasteiger partial charge in [0.05, 0.1) is 25.6 Å². The molecule has 46 heavy (non-hydrogen) atoms. The predicted octanol–water partition coefficient (Wildman–Crippen LogP) is 4.19. The van der Waals surface area contributed by atoms with Gasteiger partial charge >= 0.3 is 13.7 Å². The first-order valence-electron chi connectivity index (χ1n) is 15.1. The van der Waals surface area contributed by atoms with Gasteiger partial charge in [0.1, 0.15) is 29.5 Å². The second kappa shape index (κ2) is 14.2. The van der Waals surface area contributed by atoms with Crippen molar-refractivity contribution in [2.24, 2.45) is 5.11 Å². The molecule has 0 radical (unpaired) electrons. The summed E-state index contributed by atoms with van der Waals surface area (Å²) in [5.74, 6) is -0.333. The molecule has 0 bridgehead atoms. The number of hydrogen-bond acceptors (Lipinski definition) is 13. The molecule has 1 aliphatic carbocycles. The second-order valence-electron chi connectivity index (χ2n) is 11.3. The van der Waals surface area contributed by atoms with Gasteiger partial charge in [0.2, 0.25) is 11.8 Å². The molecule has 2 aromatic heterocycles. The zero-order chi connectivity index (χ0) is 32.9. The average Bonchev–Trinajstić information content (AvgIpc) is 3.55. The molecule has 1 saturated carbocycles. The first kappa shape index (κ1) is 33.4. The maximum Gasteiger partial charge on any atom is 0.459 e. The Morgan fingerprint density at radius 2 is 2.04 bits per heavy atom. The van der Waals surface area contributed by atoms with E-state index in [1.54, 1.807) is 37.3 Å². The summed E-state index contributed by atoms with van der Waals surface area (Å²) in [6.45, 7) is 4.56. The summed E-state index contributed by atoms with van der Waals surface area (Å²) in [4.78, 5) is 28.5. The normalized spacial score (nSPS) is 25.3. The number of nitrogens with zero attached hydrogens (tertiary/aromatic N) is 7. The van der Waals surface area contributed by atoms with Crippen molar-refractivity contribution in [2.45, 2.75) is 89.0 Å². The number of hydrogen-bond donors (Lipinski definition) is 3. The van der Waals surface area contributed by atoms with Gasteiger partial charge in [-0.3, -0.25) is 13.9 Å². The number of carbonyl (C=O) groups is 1. The van der Waals surface area contributed by atoms with Crippen LogP contribution in [0.3, 0.4) is 0 Å². The van der Waals surface area contributed by atoms with E-state index in [9.17, 15) is 20.0 Å². The first-order valence-corrected chi connectivity index (χ1v) is 16.6. The standard InChI is InChI=1S/C28H38N9O8P/c1-4-41-24-21-23(32-27(29)33-24)37(16-31-21)26-28(3,35-36-30)22(38)20(44-26)15-42-46(40,45-19-13-9-6-10-14-19)34-17(2)25(39)43-18-11-7-5-8-12-18/h6,9-10,13-14,16-18,20,22,26,38H,4-5,7-8,11-12,15H2,1-3H3,(H,34,40)(H2,29,32,33)/t17-,20+,22+,26+,28+,46?/m0/s1. The van der Waals surface area contributed by atoms with Crippen molar-refractivity contribution in [1.82, 2.24) is 24.6 Å². The van der Waals surface area contributed by atoms with Crippen LogP contribution in [0.5, 0.6) is 11.6 Å². The molecule has 4 N–H and O–H groups in total. The smallest absolute Gasteiger partial charge is 0.459 e. The zero-order valence-electron chi connectivity index (χ0n) is 25.8. The van der Waals surface area contributed by atoms with Gasteiger partial charge in [-0.05, 0) is 64.1 Å². The quantitative estimate of drug-likeness (QED) is 0.0769. The number of aliphatic hydroxyl groups excluding tert-OH is 1. The Labute approximate surface area is 265 Å². The fourth-order valence-electron chi connectivity index (χ4n) is 5.52. The van der Waals surface area contributed by atoms with Crippen LogP contribution in [0.25, 0.3) is 21.6 Å². The summed E-state index contributed by atoms with van der Waals surface area (Å²) in [6.07, 6.45) is 1.93. The maximum atomic E-state index is 14.1. The van der Waals surface area contributed by atoms with E-state index in [-0.39, 0.29) is 34.8 Å². The summed E-state index contributed by atoms with van der Waals surface area (Å²) in [5.41, 5.74) is 14.2. The molecule has 3 aromatic rings. The SMILES string of the molecule is CCOc1nc(N)nc2c1ncn2[C@@H]1O[C@H](COP(=O)(N[C@@H](C)C(=O)OC2CCCCC2)Oc2ccccc2)[C@@H](O)[C@@]1(C)N=[N+]=[N-]. The Morgan fingerprint density at radius 1 is 1.30 bits per heavy atom. The highest BCUT2D eigenvalue weighted by atomic mass is 31.2. The molecule has 6 atom stereocenters. The predicted molar refractivity (Wildman–Crippen MR) is 165 cm³/mol. The number of benzene rings is 1. The maximum absolute atomic E-state index is 14.1. The third-order valence-electron chi connectivity index (χ3n) is 7.87. The van der Waals surface area contributed by atoms with Crippen molar-refractivity contribution >= 4 is 30.8 Å². The molecule has 1 saturated heterocycles. The van der Waals surface area contributed by atoms with Crippen molar-refractivity contribution in [3.05, 3.63) is 47.1 Å². The van der Waals surface area contributed by atoms with Gasteiger partial charge in [-0.2, -0.15) is 15.1 Å². The molecule has 0 spiro atoms. The number of anilines is 1. The van der Waals surface area contributed by atoms with Gasteiger partial charge in [-0.15, -0.1) is 0 Å². The van der Waals surface area contributed by atoms with Crippen LogP contribution >= 0.6 is 7.75 Å². The molecule has 18 heteroatoms. The van der Waals surface area contributed by atoms with Crippen LogP contribution in [0.1, 0.15) is 59.1 Å².